The summed E-state index contributed by atoms with van der Waals surface area (Å²) < 4.78 is 10.5. The van der Waals surface area contributed by atoms with Gasteiger partial charge in [0.25, 0.3) is 0 Å². The fraction of sp³-hybridized carbons (Fsp3) is 0.769. The highest BCUT2D eigenvalue weighted by Crippen LogP contribution is 2.42. The van der Waals surface area contributed by atoms with Crippen molar-refractivity contribution in [3.8, 4) is 0 Å². The van der Waals surface area contributed by atoms with Crippen LogP contribution < -0.4 is 0 Å². The standard InChI is InChI=1S/C26H42O4/c1-6-26(3,4)25(28)30-21(18-24(27)29-5)13-8-7-9-14-22-19(2)16-17-20-12-10-11-15-23(20)22/h12,16-17,19,21-23H,6-11,13-15,18H2,1-5H3/t19-,21+,22-,23?/m0/s1. The van der Waals surface area contributed by atoms with Gasteiger partial charge in [0.05, 0.1) is 18.9 Å². The number of hydrogen-bond acceptors (Lipinski definition) is 4. The van der Waals surface area contributed by atoms with E-state index in [1.54, 1.807) is 5.57 Å². The van der Waals surface area contributed by atoms with E-state index >= 15 is 0 Å². The lowest BCUT2D eigenvalue weighted by atomic mass is 9.68. The number of esters is 2. The Morgan fingerprint density at radius 2 is 2.00 bits per heavy atom. The van der Waals surface area contributed by atoms with Gasteiger partial charge in [0.2, 0.25) is 0 Å². The number of carbonyl (C=O) groups excluding carboxylic acids is 2. The highest BCUT2D eigenvalue weighted by atomic mass is 16.6. The topological polar surface area (TPSA) is 52.6 Å². The maximum absolute atomic E-state index is 12.5. The van der Waals surface area contributed by atoms with Gasteiger partial charge in [0, 0.05) is 0 Å². The monoisotopic (exact) mass is 418 g/mol. The molecule has 0 bridgehead atoms. The molecule has 1 unspecified atom stereocenters. The molecule has 0 aromatic heterocycles. The minimum absolute atomic E-state index is 0.142. The summed E-state index contributed by atoms with van der Waals surface area (Å²) >= 11 is 0. The Hall–Kier alpha value is -1.58. The van der Waals surface area contributed by atoms with Crippen LogP contribution in [0.1, 0.15) is 91.9 Å². The van der Waals surface area contributed by atoms with Crippen LogP contribution in [-0.2, 0) is 19.1 Å². The summed E-state index contributed by atoms with van der Waals surface area (Å²) in [5.74, 6) is 1.59. The number of unbranched alkanes of at least 4 members (excludes halogenated alkanes) is 2. The van der Waals surface area contributed by atoms with Gasteiger partial charge in [0.1, 0.15) is 6.10 Å². The predicted molar refractivity (Wildman–Crippen MR) is 121 cm³/mol. The normalized spacial score (nSPS) is 24.6. The first-order valence-corrected chi connectivity index (χ1v) is 11.9. The van der Waals surface area contributed by atoms with Crippen LogP contribution >= 0.6 is 0 Å². The van der Waals surface area contributed by atoms with E-state index in [2.05, 4.69) is 25.2 Å². The van der Waals surface area contributed by atoms with E-state index in [9.17, 15) is 9.59 Å². The lowest BCUT2D eigenvalue weighted by Crippen LogP contribution is -2.31. The van der Waals surface area contributed by atoms with Crippen molar-refractivity contribution in [2.24, 2.45) is 23.2 Å². The van der Waals surface area contributed by atoms with Crippen LogP contribution in [-0.4, -0.2) is 25.2 Å². The molecule has 0 aliphatic heterocycles. The Morgan fingerprint density at radius 1 is 1.23 bits per heavy atom. The van der Waals surface area contributed by atoms with Crippen molar-refractivity contribution in [3.63, 3.8) is 0 Å². The molecule has 0 spiro atoms. The van der Waals surface area contributed by atoms with Gasteiger partial charge < -0.3 is 9.47 Å². The van der Waals surface area contributed by atoms with Crippen LogP contribution in [0.5, 0.6) is 0 Å². The molecule has 2 aliphatic rings. The zero-order valence-corrected chi connectivity index (χ0v) is 19.7. The smallest absolute Gasteiger partial charge is 0.311 e. The first-order chi connectivity index (χ1) is 14.3. The summed E-state index contributed by atoms with van der Waals surface area (Å²) in [6.45, 7) is 8.11. The van der Waals surface area contributed by atoms with E-state index in [1.165, 1.54) is 39.2 Å². The number of methoxy groups -OCH3 is 1. The molecule has 0 radical (unpaired) electrons. The third kappa shape index (κ3) is 6.99. The highest BCUT2D eigenvalue weighted by molar-refractivity contribution is 5.76. The molecule has 170 valence electrons. The zero-order chi connectivity index (χ0) is 22.1. The van der Waals surface area contributed by atoms with Crippen LogP contribution in [0.25, 0.3) is 0 Å². The molecule has 2 rings (SSSR count). The molecule has 4 nitrogen and oxygen atoms in total. The van der Waals surface area contributed by atoms with Crippen LogP contribution in [0.15, 0.2) is 23.8 Å². The molecule has 0 N–H and O–H groups in total. The number of carbonyl (C=O) groups is 2. The fourth-order valence-corrected chi connectivity index (χ4v) is 4.67. The summed E-state index contributed by atoms with van der Waals surface area (Å²) in [4.78, 5) is 24.2. The summed E-state index contributed by atoms with van der Waals surface area (Å²) in [5.41, 5.74) is 1.04. The van der Waals surface area contributed by atoms with Gasteiger partial charge in [-0.25, -0.2) is 0 Å². The lowest BCUT2D eigenvalue weighted by molar-refractivity contribution is -0.163. The molecule has 0 heterocycles. The van der Waals surface area contributed by atoms with Crippen molar-refractivity contribution in [2.45, 2.75) is 98.0 Å². The molecule has 0 saturated carbocycles. The molecular formula is C26H42O4. The number of ether oxygens (including phenoxy) is 2. The van der Waals surface area contributed by atoms with Crippen LogP contribution in [0.3, 0.4) is 0 Å². The maximum Gasteiger partial charge on any atom is 0.311 e. The van der Waals surface area contributed by atoms with Crippen molar-refractivity contribution in [1.29, 1.82) is 0 Å². The van der Waals surface area contributed by atoms with E-state index in [4.69, 9.17) is 9.47 Å². The quantitative estimate of drug-likeness (QED) is 0.288. The average Bonchev–Trinajstić information content (AvgIpc) is 2.74. The third-order valence-corrected chi connectivity index (χ3v) is 7.21. The number of fused-ring (bicyclic) bond motifs is 1. The molecule has 0 amide bonds. The molecule has 2 aliphatic carbocycles. The molecule has 0 fully saturated rings. The van der Waals surface area contributed by atoms with Gasteiger partial charge in [-0.2, -0.15) is 0 Å². The Labute approximate surface area is 183 Å². The Bertz CT molecular complexity index is 631. The lowest BCUT2D eigenvalue weighted by Gasteiger charge is -2.37. The van der Waals surface area contributed by atoms with Crippen molar-refractivity contribution >= 4 is 11.9 Å². The molecule has 4 atom stereocenters. The summed E-state index contributed by atoms with van der Waals surface area (Å²) in [5, 5.41) is 0. The van der Waals surface area contributed by atoms with Crippen molar-refractivity contribution < 1.29 is 19.1 Å². The van der Waals surface area contributed by atoms with Gasteiger partial charge in [-0.1, -0.05) is 44.9 Å². The molecule has 4 heteroatoms. The first kappa shape index (κ1) is 24.7. The Kier molecular flexibility index (Phi) is 9.64. The second-order valence-corrected chi connectivity index (χ2v) is 9.81. The van der Waals surface area contributed by atoms with Crippen LogP contribution in [0, 0.1) is 23.2 Å². The molecule has 0 saturated heterocycles. The summed E-state index contributed by atoms with van der Waals surface area (Å²) in [7, 11) is 1.38. The second-order valence-electron chi connectivity index (χ2n) is 9.81. The highest BCUT2D eigenvalue weighted by Gasteiger charge is 2.32. The van der Waals surface area contributed by atoms with E-state index in [1.807, 2.05) is 20.8 Å². The van der Waals surface area contributed by atoms with Gasteiger partial charge in [-0.3, -0.25) is 9.59 Å². The van der Waals surface area contributed by atoms with Gasteiger partial charge in [-0.05, 0) is 82.1 Å². The number of allylic oxidation sites excluding steroid dienone is 4. The van der Waals surface area contributed by atoms with Crippen LogP contribution in [0.2, 0.25) is 0 Å². The minimum atomic E-state index is -0.524. The van der Waals surface area contributed by atoms with E-state index in [-0.39, 0.29) is 24.5 Å². The molecule has 0 aromatic carbocycles. The third-order valence-electron chi connectivity index (χ3n) is 7.21. The Morgan fingerprint density at radius 3 is 2.70 bits per heavy atom. The van der Waals surface area contributed by atoms with E-state index < -0.39 is 5.41 Å². The predicted octanol–water partition coefficient (Wildman–Crippen LogP) is 6.40. The minimum Gasteiger partial charge on any atom is -0.469 e. The van der Waals surface area contributed by atoms with Crippen molar-refractivity contribution in [1.82, 2.24) is 0 Å². The second kappa shape index (κ2) is 11.7. The zero-order valence-electron chi connectivity index (χ0n) is 19.7. The Balaban J connectivity index is 1.80. The number of hydrogen-bond donors (Lipinski definition) is 0. The number of rotatable bonds is 11. The largest absolute Gasteiger partial charge is 0.469 e. The summed E-state index contributed by atoms with van der Waals surface area (Å²) in [6.07, 6.45) is 16.7. The summed E-state index contributed by atoms with van der Waals surface area (Å²) in [6, 6.07) is 0. The molecular weight excluding hydrogens is 376 g/mol. The van der Waals surface area contributed by atoms with Crippen LogP contribution in [0.4, 0.5) is 0 Å². The van der Waals surface area contributed by atoms with Gasteiger partial charge >= 0.3 is 11.9 Å². The molecule has 30 heavy (non-hydrogen) atoms. The van der Waals surface area contributed by atoms with E-state index in [0.717, 1.165) is 31.1 Å². The average molecular weight is 419 g/mol. The van der Waals surface area contributed by atoms with Gasteiger partial charge in [-0.15, -0.1) is 0 Å². The van der Waals surface area contributed by atoms with E-state index in [0.29, 0.717) is 12.3 Å². The SMILES string of the molecule is CCC(C)(C)C(=O)O[C@H](CCCCC[C@@H]1C2CCCC=C2C=C[C@@H]1C)CC(=O)OC. The first-order valence-electron chi connectivity index (χ1n) is 11.9. The van der Waals surface area contributed by atoms with Gasteiger partial charge in [0.15, 0.2) is 0 Å². The van der Waals surface area contributed by atoms with Crippen molar-refractivity contribution in [2.75, 3.05) is 7.11 Å². The fourth-order valence-electron chi connectivity index (χ4n) is 4.67. The molecule has 0 aromatic rings. The maximum atomic E-state index is 12.5. The van der Waals surface area contributed by atoms with Crippen molar-refractivity contribution in [3.05, 3.63) is 23.8 Å².